The third-order valence-electron chi connectivity index (χ3n) is 5.57. The maximum Gasteiger partial charge on any atom is 0.328 e. The van der Waals surface area contributed by atoms with Crippen molar-refractivity contribution in [3.8, 4) is 17.2 Å². The van der Waals surface area contributed by atoms with Crippen molar-refractivity contribution in [2.45, 2.75) is 32.2 Å². The predicted octanol–water partition coefficient (Wildman–Crippen LogP) is 4.66. The number of rotatable bonds is 9. The average molecular weight is 490 g/mol. The van der Waals surface area contributed by atoms with Crippen LogP contribution in [0.25, 0.3) is 0 Å². The van der Waals surface area contributed by atoms with E-state index in [0.717, 1.165) is 55.7 Å². The Morgan fingerprint density at radius 2 is 1.71 bits per heavy atom. The number of carbonyl (C=O) groups is 2. The van der Waals surface area contributed by atoms with Gasteiger partial charge in [-0.2, -0.15) is 0 Å². The van der Waals surface area contributed by atoms with Crippen LogP contribution in [-0.4, -0.2) is 55.6 Å². The van der Waals surface area contributed by atoms with E-state index in [9.17, 15) is 9.59 Å². The molecule has 184 valence electrons. The number of methoxy groups -OCH3 is 3. The van der Waals surface area contributed by atoms with Crippen molar-refractivity contribution in [2.24, 2.45) is 0 Å². The number of halogens is 1. The van der Waals surface area contributed by atoms with Crippen LogP contribution in [0.15, 0.2) is 48.6 Å². The molecule has 0 amide bonds. The van der Waals surface area contributed by atoms with E-state index in [0.29, 0.717) is 12.1 Å². The molecular formula is C26H32ClNO6. The zero-order valence-electron chi connectivity index (χ0n) is 20.0. The molecule has 0 saturated carbocycles. The highest BCUT2D eigenvalue weighted by molar-refractivity contribution is 6.66. The maximum atomic E-state index is 9.76. The van der Waals surface area contributed by atoms with E-state index in [2.05, 4.69) is 36.1 Å². The van der Waals surface area contributed by atoms with Crippen LogP contribution in [0.2, 0.25) is 0 Å². The van der Waals surface area contributed by atoms with Gasteiger partial charge < -0.3 is 19.3 Å². The van der Waals surface area contributed by atoms with Gasteiger partial charge in [-0.25, -0.2) is 4.79 Å². The van der Waals surface area contributed by atoms with Crippen LogP contribution in [0.5, 0.6) is 17.2 Å². The summed E-state index contributed by atoms with van der Waals surface area (Å²) < 4.78 is 16.4. The summed E-state index contributed by atoms with van der Waals surface area (Å²) in [5.41, 5.74) is 4.05. The molecule has 1 atom stereocenters. The SMILES string of the molecule is CCCN1CCc2cc(OC)c(OC)cc2C1Cc1ccc(OC)cc1.O=C(O)/C=C/C(=O)Cl. The lowest BCUT2D eigenvalue weighted by Crippen LogP contribution is -2.37. The van der Waals surface area contributed by atoms with Gasteiger partial charge in [-0.1, -0.05) is 19.1 Å². The van der Waals surface area contributed by atoms with Crippen molar-refractivity contribution in [3.63, 3.8) is 0 Å². The summed E-state index contributed by atoms with van der Waals surface area (Å²) in [6.45, 7) is 4.43. The Kier molecular flexibility index (Phi) is 10.9. The number of ether oxygens (including phenoxy) is 3. The molecule has 0 aliphatic carbocycles. The summed E-state index contributed by atoms with van der Waals surface area (Å²) in [7, 11) is 5.11. The first kappa shape index (κ1) is 27.2. The second-order valence-electron chi connectivity index (χ2n) is 7.74. The fourth-order valence-electron chi connectivity index (χ4n) is 4.00. The molecule has 1 heterocycles. The molecule has 1 unspecified atom stereocenters. The second-order valence-corrected chi connectivity index (χ2v) is 8.11. The number of benzene rings is 2. The maximum absolute atomic E-state index is 9.76. The van der Waals surface area contributed by atoms with E-state index in [-0.39, 0.29) is 0 Å². The lowest BCUT2D eigenvalue weighted by Gasteiger charge is -2.38. The Hall–Kier alpha value is -3.03. The van der Waals surface area contributed by atoms with Gasteiger partial charge in [0.2, 0.25) is 5.24 Å². The molecule has 0 radical (unpaired) electrons. The molecule has 2 aromatic rings. The molecule has 0 bridgehead atoms. The highest BCUT2D eigenvalue weighted by Crippen LogP contribution is 2.39. The van der Waals surface area contributed by atoms with Crippen LogP contribution in [0.3, 0.4) is 0 Å². The summed E-state index contributed by atoms with van der Waals surface area (Å²) in [6.07, 6.45) is 4.63. The molecule has 0 saturated heterocycles. The van der Waals surface area contributed by atoms with Gasteiger partial charge in [-0.05, 0) is 78.4 Å². The van der Waals surface area contributed by atoms with Crippen molar-refractivity contribution in [3.05, 3.63) is 65.2 Å². The number of fused-ring (bicyclic) bond motifs is 1. The lowest BCUT2D eigenvalue weighted by atomic mass is 9.88. The standard InChI is InChI=1S/C22H29NO3.C4H3ClO3/c1-5-11-23-12-10-17-14-21(25-3)22(26-4)15-19(17)20(23)13-16-6-8-18(24-2)9-7-16;5-3(6)1-2-4(7)8/h6-9,14-15,20H,5,10-13H2,1-4H3;1-2H,(H,7,8)/b;2-1+. The van der Waals surface area contributed by atoms with Crippen LogP contribution >= 0.6 is 11.6 Å². The monoisotopic (exact) mass is 489 g/mol. The van der Waals surface area contributed by atoms with Gasteiger partial charge in [0.15, 0.2) is 11.5 Å². The summed E-state index contributed by atoms with van der Waals surface area (Å²) >= 11 is 4.73. The van der Waals surface area contributed by atoms with Gasteiger partial charge in [-0.15, -0.1) is 0 Å². The highest BCUT2D eigenvalue weighted by Gasteiger charge is 2.28. The van der Waals surface area contributed by atoms with E-state index in [4.69, 9.17) is 30.9 Å². The van der Waals surface area contributed by atoms with Gasteiger partial charge in [0.25, 0.3) is 0 Å². The predicted molar refractivity (Wildman–Crippen MR) is 132 cm³/mol. The van der Waals surface area contributed by atoms with Crippen molar-refractivity contribution >= 4 is 22.8 Å². The van der Waals surface area contributed by atoms with Crippen molar-refractivity contribution in [2.75, 3.05) is 34.4 Å². The Labute approximate surface area is 205 Å². The van der Waals surface area contributed by atoms with Gasteiger partial charge in [0.05, 0.1) is 21.3 Å². The summed E-state index contributed by atoms with van der Waals surface area (Å²) in [5, 5.41) is 7.08. The van der Waals surface area contributed by atoms with Crippen LogP contribution in [0.1, 0.15) is 36.1 Å². The van der Waals surface area contributed by atoms with Crippen LogP contribution in [-0.2, 0) is 22.4 Å². The number of hydrogen-bond donors (Lipinski definition) is 1. The Morgan fingerprint density at radius 1 is 1.06 bits per heavy atom. The van der Waals surface area contributed by atoms with E-state index in [1.807, 2.05) is 12.1 Å². The quantitative estimate of drug-likeness (QED) is 0.405. The largest absolute Gasteiger partial charge is 0.497 e. The van der Waals surface area contributed by atoms with E-state index < -0.39 is 11.2 Å². The molecule has 8 heteroatoms. The highest BCUT2D eigenvalue weighted by atomic mass is 35.5. The van der Waals surface area contributed by atoms with Crippen LogP contribution < -0.4 is 14.2 Å². The van der Waals surface area contributed by atoms with Gasteiger partial charge in [0, 0.05) is 24.7 Å². The minimum Gasteiger partial charge on any atom is -0.497 e. The topological polar surface area (TPSA) is 85.3 Å². The Morgan fingerprint density at radius 3 is 2.21 bits per heavy atom. The third-order valence-corrected chi connectivity index (χ3v) is 5.70. The van der Waals surface area contributed by atoms with Gasteiger partial charge in [0.1, 0.15) is 5.75 Å². The van der Waals surface area contributed by atoms with E-state index in [1.165, 1.54) is 16.7 Å². The van der Waals surface area contributed by atoms with E-state index >= 15 is 0 Å². The summed E-state index contributed by atoms with van der Waals surface area (Å²) in [6, 6.07) is 13.1. The van der Waals surface area contributed by atoms with Crippen molar-refractivity contribution in [1.82, 2.24) is 4.90 Å². The van der Waals surface area contributed by atoms with Crippen molar-refractivity contribution in [1.29, 1.82) is 0 Å². The minimum absolute atomic E-state index is 0.354. The molecule has 34 heavy (non-hydrogen) atoms. The fourth-order valence-corrected chi connectivity index (χ4v) is 4.06. The zero-order chi connectivity index (χ0) is 25.1. The van der Waals surface area contributed by atoms with Gasteiger partial charge >= 0.3 is 5.97 Å². The van der Waals surface area contributed by atoms with Crippen molar-refractivity contribution < 1.29 is 28.9 Å². The first-order chi connectivity index (χ1) is 16.3. The molecule has 0 fully saturated rings. The lowest BCUT2D eigenvalue weighted by molar-refractivity contribution is -0.131. The molecule has 7 nitrogen and oxygen atoms in total. The zero-order valence-corrected chi connectivity index (χ0v) is 20.8. The first-order valence-electron chi connectivity index (χ1n) is 11.0. The van der Waals surface area contributed by atoms with Crippen LogP contribution in [0.4, 0.5) is 0 Å². The molecule has 1 aliphatic heterocycles. The number of carbonyl (C=O) groups excluding carboxylic acids is 1. The Bertz CT molecular complexity index is 974. The van der Waals surface area contributed by atoms with Crippen LogP contribution in [0, 0.1) is 0 Å². The number of aliphatic carboxylic acids is 1. The molecule has 0 aromatic heterocycles. The second kappa shape index (κ2) is 13.6. The van der Waals surface area contributed by atoms with E-state index in [1.54, 1.807) is 21.3 Å². The number of hydrogen-bond acceptors (Lipinski definition) is 6. The molecular weight excluding hydrogens is 458 g/mol. The molecule has 2 aromatic carbocycles. The average Bonchev–Trinajstić information content (AvgIpc) is 2.84. The number of carboxylic acid groups (broad SMARTS) is 1. The smallest absolute Gasteiger partial charge is 0.328 e. The molecule has 1 aliphatic rings. The van der Waals surface area contributed by atoms with Gasteiger partial charge in [-0.3, -0.25) is 9.69 Å². The summed E-state index contributed by atoms with van der Waals surface area (Å²) in [5.74, 6) is 1.34. The molecule has 0 spiro atoms. The number of carboxylic acids is 1. The molecule has 1 N–H and O–H groups in total. The molecule has 3 rings (SSSR count). The first-order valence-corrected chi connectivity index (χ1v) is 11.4. The summed E-state index contributed by atoms with van der Waals surface area (Å²) in [4.78, 5) is 22.0. The fraction of sp³-hybridized carbons (Fsp3) is 0.385. The Balaban J connectivity index is 0.000000440. The number of allylic oxidation sites excluding steroid dienone is 1. The normalized spacial score (nSPS) is 15.1. The third kappa shape index (κ3) is 7.78. The minimum atomic E-state index is -1.18. The number of nitrogens with zero attached hydrogens (tertiary/aromatic N) is 1.